The first-order valence-electron chi connectivity index (χ1n) is 10.8. The molecule has 178 valence electrons. The number of amides is 3. The van der Waals surface area contributed by atoms with Crippen molar-refractivity contribution in [3.8, 4) is 5.69 Å². The highest BCUT2D eigenvalue weighted by Crippen LogP contribution is 2.34. The molecule has 34 heavy (non-hydrogen) atoms. The zero-order valence-electron chi connectivity index (χ0n) is 19.2. The number of esters is 1. The fourth-order valence-corrected chi connectivity index (χ4v) is 4.91. The van der Waals surface area contributed by atoms with Crippen LogP contribution in [0, 0.1) is 13.8 Å². The number of aryl methyl sites for hydroxylation is 1. The summed E-state index contributed by atoms with van der Waals surface area (Å²) in [5, 5.41) is -0.470. The number of carbonyl (C=O) groups excluding carboxylic acids is 4. The van der Waals surface area contributed by atoms with Gasteiger partial charge in [-0.15, -0.1) is 0 Å². The van der Waals surface area contributed by atoms with Gasteiger partial charge in [-0.1, -0.05) is 12.1 Å². The summed E-state index contributed by atoms with van der Waals surface area (Å²) in [6.45, 7) is 5.27. The minimum Gasteiger partial charge on any atom is -0.465 e. The fraction of sp³-hybridized carbons (Fsp3) is 0.333. The van der Waals surface area contributed by atoms with Crippen LogP contribution in [0.2, 0.25) is 0 Å². The summed E-state index contributed by atoms with van der Waals surface area (Å²) in [6, 6.07) is 8.99. The monoisotopic (exact) mass is 483 g/mol. The van der Waals surface area contributed by atoms with E-state index in [9.17, 15) is 19.2 Å². The smallest absolute Gasteiger partial charge is 0.339 e. The van der Waals surface area contributed by atoms with Crippen LogP contribution in [0.4, 0.5) is 4.79 Å². The SMILES string of the molecule is COC(=O)c1ccccc1-n1c(C)cc(/C=C2\SC(=O)N(CC(=O)N3CCOCC3)C2=O)c1C. The molecule has 0 bridgehead atoms. The van der Waals surface area contributed by atoms with Crippen LogP contribution in [0.3, 0.4) is 0 Å². The summed E-state index contributed by atoms with van der Waals surface area (Å²) >= 11 is 0.816. The maximum Gasteiger partial charge on any atom is 0.339 e. The van der Waals surface area contributed by atoms with Gasteiger partial charge in [0.25, 0.3) is 11.1 Å². The molecule has 0 saturated carbocycles. The molecule has 4 rings (SSSR count). The number of hydrogen-bond donors (Lipinski definition) is 0. The van der Waals surface area contributed by atoms with Gasteiger partial charge >= 0.3 is 5.97 Å². The lowest BCUT2D eigenvalue weighted by molar-refractivity contribution is -0.139. The number of ether oxygens (including phenoxy) is 2. The Morgan fingerprint density at radius 1 is 1.15 bits per heavy atom. The van der Waals surface area contributed by atoms with E-state index in [0.717, 1.165) is 33.6 Å². The summed E-state index contributed by atoms with van der Waals surface area (Å²) in [7, 11) is 1.33. The maximum atomic E-state index is 12.9. The van der Waals surface area contributed by atoms with Gasteiger partial charge in [-0.05, 0) is 55.4 Å². The number of methoxy groups -OCH3 is 1. The van der Waals surface area contributed by atoms with Gasteiger partial charge in [-0.2, -0.15) is 0 Å². The molecular weight excluding hydrogens is 458 g/mol. The first-order valence-corrected chi connectivity index (χ1v) is 11.6. The van der Waals surface area contributed by atoms with Gasteiger partial charge < -0.3 is 18.9 Å². The summed E-state index contributed by atoms with van der Waals surface area (Å²) in [6.07, 6.45) is 1.66. The van der Waals surface area contributed by atoms with Gasteiger partial charge in [0.15, 0.2) is 0 Å². The van der Waals surface area contributed by atoms with Gasteiger partial charge in [0.05, 0.1) is 36.5 Å². The largest absolute Gasteiger partial charge is 0.465 e. The molecule has 0 N–H and O–H groups in total. The molecule has 2 aromatic rings. The van der Waals surface area contributed by atoms with Crippen LogP contribution in [-0.4, -0.2) is 77.3 Å². The lowest BCUT2D eigenvalue weighted by Crippen LogP contribution is -2.46. The van der Waals surface area contributed by atoms with Crippen molar-refractivity contribution in [3.63, 3.8) is 0 Å². The zero-order chi connectivity index (χ0) is 24.4. The van der Waals surface area contributed by atoms with E-state index in [0.29, 0.717) is 37.6 Å². The van der Waals surface area contributed by atoms with Crippen molar-refractivity contribution in [2.24, 2.45) is 0 Å². The van der Waals surface area contributed by atoms with Crippen molar-refractivity contribution < 1.29 is 28.7 Å². The van der Waals surface area contributed by atoms with Crippen molar-refractivity contribution in [2.75, 3.05) is 40.0 Å². The number of morpholine rings is 1. The predicted molar refractivity (Wildman–Crippen MR) is 127 cm³/mol. The fourth-order valence-electron chi connectivity index (χ4n) is 4.08. The summed E-state index contributed by atoms with van der Waals surface area (Å²) in [5.41, 5.74) is 3.46. The van der Waals surface area contributed by atoms with E-state index in [1.54, 1.807) is 23.1 Å². The Balaban J connectivity index is 1.60. The number of hydrogen-bond acceptors (Lipinski definition) is 7. The highest BCUT2D eigenvalue weighted by atomic mass is 32.2. The Morgan fingerprint density at radius 2 is 1.85 bits per heavy atom. The number of aromatic nitrogens is 1. The van der Waals surface area contributed by atoms with Crippen LogP contribution in [0.25, 0.3) is 11.8 Å². The number of benzene rings is 1. The molecule has 0 spiro atoms. The molecule has 1 aromatic carbocycles. The number of carbonyl (C=O) groups is 4. The molecule has 0 aliphatic carbocycles. The highest BCUT2D eigenvalue weighted by Gasteiger charge is 2.37. The lowest BCUT2D eigenvalue weighted by atomic mass is 10.1. The maximum absolute atomic E-state index is 12.9. The molecule has 3 heterocycles. The summed E-state index contributed by atoms with van der Waals surface area (Å²) in [4.78, 5) is 53.1. The molecule has 0 radical (unpaired) electrons. The van der Waals surface area contributed by atoms with E-state index in [4.69, 9.17) is 9.47 Å². The summed E-state index contributed by atoms with van der Waals surface area (Å²) < 4.78 is 12.1. The Kier molecular flexibility index (Phi) is 6.90. The Labute approximate surface area is 201 Å². The first kappa shape index (κ1) is 23.8. The van der Waals surface area contributed by atoms with Gasteiger partial charge in [0, 0.05) is 24.5 Å². The summed E-state index contributed by atoms with van der Waals surface area (Å²) in [5.74, 6) is -1.21. The number of thioether (sulfide) groups is 1. The van der Waals surface area contributed by atoms with Gasteiger partial charge in [-0.25, -0.2) is 4.79 Å². The van der Waals surface area contributed by atoms with Crippen LogP contribution >= 0.6 is 11.8 Å². The molecule has 0 unspecified atom stereocenters. The molecule has 2 fully saturated rings. The average molecular weight is 484 g/mol. The molecule has 2 saturated heterocycles. The van der Waals surface area contributed by atoms with Crippen molar-refractivity contribution in [3.05, 3.63) is 57.8 Å². The molecule has 2 aliphatic heterocycles. The van der Waals surface area contributed by atoms with Crippen LogP contribution in [-0.2, 0) is 19.1 Å². The third-order valence-corrected chi connectivity index (χ3v) is 6.75. The minimum atomic E-state index is -0.489. The topological polar surface area (TPSA) is 98.2 Å². The standard InChI is InChI=1S/C24H25N3O6S/c1-15-12-17(16(2)27(15)19-7-5-4-6-18(19)23(30)32-3)13-20-22(29)26(24(31)34-20)14-21(28)25-8-10-33-11-9-25/h4-7,12-13H,8-11,14H2,1-3H3/b20-13-. The number of rotatable bonds is 5. The second-order valence-corrected chi connectivity index (χ2v) is 8.92. The Bertz CT molecular complexity index is 1200. The third kappa shape index (κ3) is 4.51. The van der Waals surface area contributed by atoms with Crippen LogP contribution in [0.5, 0.6) is 0 Å². The predicted octanol–water partition coefficient (Wildman–Crippen LogP) is 2.78. The lowest BCUT2D eigenvalue weighted by Gasteiger charge is -2.28. The molecule has 0 atom stereocenters. The molecule has 3 amide bonds. The van der Waals surface area contributed by atoms with Crippen LogP contribution in [0.1, 0.15) is 27.3 Å². The highest BCUT2D eigenvalue weighted by molar-refractivity contribution is 8.18. The third-order valence-electron chi connectivity index (χ3n) is 5.84. The van der Waals surface area contributed by atoms with Crippen LogP contribution in [0.15, 0.2) is 35.2 Å². The zero-order valence-corrected chi connectivity index (χ0v) is 20.0. The van der Waals surface area contributed by atoms with Gasteiger partial charge in [0.1, 0.15) is 6.54 Å². The minimum absolute atomic E-state index is 0.251. The van der Waals surface area contributed by atoms with Crippen molar-refractivity contribution in [2.45, 2.75) is 13.8 Å². The number of nitrogens with zero attached hydrogens (tertiary/aromatic N) is 3. The van der Waals surface area contributed by atoms with Crippen molar-refractivity contribution in [1.29, 1.82) is 0 Å². The van der Waals surface area contributed by atoms with E-state index >= 15 is 0 Å². The molecule has 2 aliphatic rings. The molecular formula is C24H25N3O6S. The van der Waals surface area contributed by atoms with Crippen molar-refractivity contribution >= 4 is 40.9 Å². The number of imide groups is 1. The second kappa shape index (κ2) is 9.86. The van der Waals surface area contributed by atoms with Gasteiger partial charge in [0.2, 0.25) is 5.91 Å². The molecule has 1 aromatic heterocycles. The normalized spacial score (nSPS) is 17.6. The first-order chi connectivity index (χ1) is 16.3. The van der Waals surface area contributed by atoms with Crippen molar-refractivity contribution in [1.82, 2.24) is 14.4 Å². The Hall–Kier alpha value is -3.37. The molecule has 9 nitrogen and oxygen atoms in total. The average Bonchev–Trinajstić information content (AvgIpc) is 3.27. The molecule has 10 heteroatoms. The van der Waals surface area contributed by atoms with Crippen LogP contribution < -0.4 is 0 Å². The quantitative estimate of drug-likeness (QED) is 0.476. The van der Waals surface area contributed by atoms with E-state index < -0.39 is 17.1 Å². The number of para-hydroxylation sites is 1. The van der Waals surface area contributed by atoms with E-state index in [-0.39, 0.29) is 17.4 Å². The Morgan fingerprint density at radius 3 is 2.56 bits per heavy atom. The van der Waals surface area contributed by atoms with E-state index in [2.05, 4.69) is 0 Å². The van der Waals surface area contributed by atoms with E-state index in [1.807, 2.05) is 36.6 Å². The van der Waals surface area contributed by atoms with E-state index in [1.165, 1.54) is 7.11 Å². The second-order valence-electron chi connectivity index (χ2n) is 7.93. The van der Waals surface area contributed by atoms with Gasteiger partial charge in [-0.3, -0.25) is 19.3 Å².